The number of methoxy groups -OCH3 is 1. The Hall–Kier alpha value is -2.04. The van der Waals surface area contributed by atoms with Crippen LogP contribution in [0.3, 0.4) is 0 Å². The number of piperidine rings is 1. The molecule has 0 aromatic heterocycles. The smallest absolute Gasteiger partial charge is 0.161 e. The molecule has 0 aliphatic carbocycles. The molecule has 4 nitrogen and oxygen atoms in total. The van der Waals surface area contributed by atoms with Crippen molar-refractivity contribution in [1.29, 1.82) is 0 Å². The quantitative estimate of drug-likeness (QED) is 0.805. The molecule has 2 aromatic carbocycles. The molecule has 0 bridgehead atoms. The first-order valence-electron chi connectivity index (χ1n) is 9.84. The average molecular weight is 370 g/mol. The van der Waals surface area contributed by atoms with E-state index in [4.69, 9.17) is 9.47 Å². The number of hydrogen-bond acceptors (Lipinski definition) is 4. The van der Waals surface area contributed by atoms with Crippen molar-refractivity contribution in [3.63, 3.8) is 0 Å². The van der Waals surface area contributed by atoms with Crippen LogP contribution >= 0.6 is 0 Å². The number of benzene rings is 2. The third-order valence-electron chi connectivity index (χ3n) is 5.47. The van der Waals surface area contributed by atoms with Gasteiger partial charge in [-0.05, 0) is 49.6 Å². The van der Waals surface area contributed by atoms with Gasteiger partial charge in [0.05, 0.1) is 13.2 Å². The van der Waals surface area contributed by atoms with Crippen molar-refractivity contribution in [2.45, 2.75) is 39.4 Å². The van der Waals surface area contributed by atoms with Crippen LogP contribution in [0.1, 0.15) is 30.0 Å². The summed E-state index contributed by atoms with van der Waals surface area (Å²) in [6.07, 6.45) is 1.47. The lowest BCUT2D eigenvalue weighted by Gasteiger charge is -2.35. The van der Waals surface area contributed by atoms with Crippen LogP contribution in [0.25, 0.3) is 0 Å². The summed E-state index contributed by atoms with van der Waals surface area (Å²) in [6.45, 7) is 7.74. The van der Waals surface area contributed by atoms with Crippen LogP contribution < -0.4 is 9.47 Å². The van der Waals surface area contributed by atoms with Crippen LogP contribution in [0.15, 0.2) is 42.5 Å². The fourth-order valence-electron chi connectivity index (χ4n) is 3.69. The molecular weight excluding hydrogens is 338 g/mol. The van der Waals surface area contributed by atoms with Crippen molar-refractivity contribution in [3.8, 4) is 11.5 Å². The van der Waals surface area contributed by atoms with E-state index in [0.717, 1.165) is 49.5 Å². The maximum absolute atomic E-state index is 10.4. The standard InChI is InChI=1S/C23H31NO3/c1-4-24-12-11-21(25)20(15-24)13-19-9-10-22(26-3)23(14-19)27-16-18-7-5-17(2)6-8-18/h5-10,14,20-21,25H,4,11-13,15-16H2,1-3H3. The van der Waals surface area contributed by atoms with Gasteiger partial charge in [-0.2, -0.15) is 0 Å². The van der Waals surface area contributed by atoms with Crippen molar-refractivity contribution in [3.05, 3.63) is 59.2 Å². The van der Waals surface area contributed by atoms with Crippen LogP contribution in [0.4, 0.5) is 0 Å². The second kappa shape index (κ2) is 9.25. The first kappa shape index (κ1) is 19.7. The number of aliphatic hydroxyl groups excluding tert-OH is 1. The highest BCUT2D eigenvalue weighted by atomic mass is 16.5. The van der Waals surface area contributed by atoms with E-state index in [1.807, 2.05) is 6.07 Å². The lowest BCUT2D eigenvalue weighted by Crippen LogP contribution is -2.43. The Kier molecular flexibility index (Phi) is 6.75. The molecule has 146 valence electrons. The van der Waals surface area contributed by atoms with Crippen molar-refractivity contribution >= 4 is 0 Å². The van der Waals surface area contributed by atoms with E-state index in [9.17, 15) is 5.11 Å². The van der Waals surface area contributed by atoms with Gasteiger partial charge in [0, 0.05) is 19.0 Å². The van der Waals surface area contributed by atoms with Crippen molar-refractivity contribution in [2.75, 3.05) is 26.7 Å². The molecule has 3 rings (SSSR count). The van der Waals surface area contributed by atoms with E-state index >= 15 is 0 Å². The van der Waals surface area contributed by atoms with Gasteiger partial charge >= 0.3 is 0 Å². The molecule has 2 aromatic rings. The minimum Gasteiger partial charge on any atom is -0.493 e. The van der Waals surface area contributed by atoms with E-state index in [2.05, 4.69) is 55.1 Å². The first-order valence-corrected chi connectivity index (χ1v) is 9.84. The minimum absolute atomic E-state index is 0.230. The van der Waals surface area contributed by atoms with Gasteiger partial charge in [-0.25, -0.2) is 0 Å². The fraction of sp³-hybridized carbons (Fsp3) is 0.478. The van der Waals surface area contributed by atoms with E-state index in [-0.39, 0.29) is 12.0 Å². The van der Waals surface area contributed by atoms with Gasteiger partial charge in [-0.15, -0.1) is 0 Å². The van der Waals surface area contributed by atoms with Crippen molar-refractivity contribution in [1.82, 2.24) is 4.90 Å². The minimum atomic E-state index is -0.230. The summed E-state index contributed by atoms with van der Waals surface area (Å²) in [5, 5.41) is 10.4. The van der Waals surface area contributed by atoms with E-state index in [1.54, 1.807) is 7.11 Å². The largest absolute Gasteiger partial charge is 0.493 e. The highest BCUT2D eigenvalue weighted by Gasteiger charge is 2.27. The molecule has 0 saturated carbocycles. The van der Waals surface area contributed by atoms with Gasteiger partial charge in [0.1, 0.15) is 6.61 Å². The number of likely N-dealkylation sites (tertiary alicyclic amines) is 1. The summed E-state index contributed by atoms with van der Waals surface area (Å²) in [5.74, 6) is 1.76. The Labute approximate surface area is 162 Å². The molecule has 1 saturated heterocycles. The molecule has 0 radical (unpaired) electrons. The lowest BCUT2D eigenvalue weighted by molar-refractivity contribution is 0.0290. The second-order valence-corrected chi connectivity index (χ2v) is 7.47. The van der Waals surface area contributed by atoms with Crippen LogP contribution in [-0.2, 0) is 13.0 Å². The van der Waals surface area contributed by atoms with Gasteiger partial charge < -0.3 is 19.5 Å². The molecule has 27 heavy (non-hydrogen) atoms. The molecule has 4 heteroatoms. The highest BCUT2D eigenvalue weighted by Crippen LogP contribution is 2.31. The summed E-state index contributed by atoms with van der Waals surface area (Å²) >= 11 is 0. The SMILES string of the molecule is CCN1CCC(O)C(Cc2ccc(OC)c(OCc3ccc(C)cc3)c2)C1. The monoisotopic (exact) mass is 369 g/mol. The summed E-state index contributed by atoms with van der Waals surface area (Å²) in [5.41, 5.74) is 3.55. The zero-order valence-electron chi connectivity index (χ0n) is 16.6. The average Bonchev–Trinajstić information content (AvgIpc) is 2.69. The van der Waals surface area contributed by atoms with Gasteiger partial charge in [-0.1, -0.05) is 42.8 Å². The number of nitrogens with zero attached hydrogens (tertiary/aromatic N) is 1. The molecule has 1 N–H and O–H groups in total. The van der Waals surface area contributed by atoms with Gasteiger partial charge in [0.15, 0.2) is 11.5 Å². The van der Waals surface area contributed by atoms with Gasteiger partial charge in [0.2, 0.25) is 0 Å². The molecular formula is C23H31NO3. The predicted octanol–water partition coefficient (Wildman–Crippen LogP) is 3.83. The van der Waals surface area contributed by atoms with Crippen LogP contribution in [0.2, 0.25) is 0 Å². The van der Waals surface area contributed by atoms with Crippen LogP contribution in [0, 0.1) is 12.8 Å². The summed E-state index contributed by atoms with van der Waals surface area (Å²) in [7, 11) is 1.66. The maximum Gasteiger partial charge on any atom is 0.161 e. The Morgan fingerprint density at radius 2 is 1.81 bits per heavy atom. The van der Waals surface area contributed by atoms with E-state index in [1.165, 1.54) is 11.1 Å². The fourth-order valence-corrected chi connectivity index (χ4v) is 3.69. The maximum atomic E-state index is 10.4. The summed E-state index contributed by atoms with van der Waals surface area (Å²) < 4.78 is 11.5. The molecule has 1 aliphatic heterocycles. The third-order valence-corrected chi connectivity index (χ3v) is 5.47. The molecule has 0 amide bonds. The first-order chi connectivity index (χ1) is 13.1. The second-order valence-electron chi connectivity index (χ2n) is 7.47. The molecule has 0 spiro atoms. The van der Waals surface area contributed by atoms with Gasteiger partial charge in [-0.3, -0.25) is 0 Å². The normalized spacial score (nSPS) is 20.4. The Bertz CT molecular complexity index is 729. The number of aryl methyl sites for hydroxylation is 1. The number of hydrogen-bond donors (Lipinski definition) is 1. The zero-order valence-corrected chi connectivity index (χ0v) is 16.6. The summed E-state index contributed by atoms with van der Waals surface area (Å²) in [4.78, 5) is 2.41. The molecule has 2 unspecified atom stereocenters. The van der Waals surface area contributed by atoms with Crippen molar-refractivity contribution < 1.29 is 14.6 Å². The summed E-state index contributed by atoms with van der Waals surface area (Å²) in [6, 6.07) is 14.5. The van der Waals surface area contributed by atoms with E-state index < -0.39 is 0 Å². The number of rotatable bonds is 7. The van der Waals surface area contributed by atoms with Crippen LogP contribution in [0.5, 0.6) is 11.5 Å². The topological polar surface area (TPSA) is 41.9 Å². The lowest BCUT2D eigenvalue weighted by atomic mass is 9.88. The van der Waals surface area contributed by atoms with Gasteiger partial charge in [0.25, 0.3) is 0 Å². The number of ether oxygens (including phenoxy) is 2. The third kappa shape index (κ3) is 5.24. The Morgan fingerprint density at radius 1 is 1.07 bits per heavy atom. The predicted molar refractivity (Wildman–Crippen MR) is 108 cm³/mol. The highest BCUT2D eigenvalue weighted by molar-refractivity contribution is 5.43. The molecule has 1 heterocycles. The molecule has 2 atom stereocenters. The molecule has 1 fully saturated rings. The number of aliphatic hydroxyl groups is 1. The Balaban J connectivity index is 1.69. The Morgan fingerprint density at radius 3 is 2.52 bits per heavy atom. The van der Waals surface area contributed by atoms with Crippen molar-refractivity contribution in [2.24, 2.45) is 5.92 Å². The van der Waals surface area contributed by atoms with E-state index in [0.29, 0.717) is 6.61 Å². The zero-order chi connectivity index (χ0) is 19.2. The van der Waals surface area contributed by atoms with Crippen LogP contribution in [-0.4, -0.2) is 42.9 Å². The molecule has 1 aliphatic rings.